The predicted molar refractivity (Wildman–Crippen MR) is 141 cm³/mol. The number of rotatable bonds is 8. The number of hydrogen-bond donors (Lipinski definition) is 0. The van der Waals surface area contributed by atoms with Crippen LogP contribution in [0.4, 0.5) is 5.82 Å². The Morgan fingerprint density at radius 2 is 1.54 bits per heavy atom. The van der Waals surface area contributed by atoms with Crippen molar-refractivity contribution in [2.75, 3.05) is 37.6 Å². The molecule has 2 aromatic heterocycles. The van der Waals surface area contributed by atoms with Crippen molar-refractivity contribution >= 4 is 17.6 Å². The summed E-state index contributed by atoms with van der Waals surface area (Å²) in [6.45, 7) is 2.69. The number of benzene rings is 2. The normalized spacial score (nSPS) is 13.4. The van der Waals surface area contributed by atoms with Crippen molar-refractivity contribution in [1.29, 1.82) is 0 Å². The Morgan fingerprint density at radius 1 is 0.811 bits per heavy atom. The first-order chi connectivity index (χ1) is 18.2. The fraction of sp³-hybridized carbons (Fsp3) is 0.241. The van der Waals surface area contributed by atoms with Crippen molar-refractivity contribution < 1.29 is 14.0 Å². The van der Waals surface area contributed by atoms with Gasteiger partial charge in [-0.2, -0.15) is 0 Å². The van der Waals surface area contributed by atoms with Gasteiger partial charge in [0.15, 0.2) is 5.82 Å². The van der Waals surface area contributed by atoms with Gasteiger partial charge in [0, 0.05) is 31.7 Å². The Morgan fingerprint density at radius 3 is 2.19 bits per heavy atom. The molecule has 37 heavy (non-hydrogen) atoms. The molecule has 0 radical (unpaired) electrons. The second-order valence-electron chi connectivity index (χ2n) is 9.00. The summed E-state index contributed by atoms with van der Waals surface area (Å²) in [5.41, 5.74) is 2.77. The molecule has 0 saturated carbocycles. The molecular formula is C29H29N5O3. The highest BCUT2D eigenvalue weighted by molar-refractivity contribution is 5.86. The number of piperazine rings is 1. The first kappa shape index (κ1) is 24.2. The van der Waals surface area contributed by atoms with Crippen LogP contribution in [0.5, 0.6) is 0 Å². The zero-order valence-electron chi connectivity index (χ0n) is 20.6. The molecule has 8 heteroatoms. The fourth-order valence-corrected chi connectivity index (χ4v) is 4.41. The second-order valence-corrected chi connectivity index (χ2v) is 9.00. The molecule has 0 aliphatic carbocycles. The summed E-state index contributed by atoms with van der Waals surface area (Å²) >= 11 is 0. The lowest BCUT2D eigenvalue weighted by atomic mass is 10.1. The molecule has 0 atom stereocenters. The third kappa shape index (κ3) is 6.22. The van der Waals surface area contributed by atoms with E-state index >= 15 is 0 Å². The molecular weight excluding hydrogens is 466 g/mol. The molecule has 2 amide bonds. The van der Waals surface area contributed by atoms with E-state index in [0.29, 0.717) is 31.9 Å². The van der Waals surface area contributed by atoms with E-state index in [-0.39, 0.29) is 31.3 Å². The highest BCUT2D eigenvalue weighted by Crippen LogP contribution is 2.19. The average molecular weight is 496 g/mol. The van der Waals surface area contributed by atoms with Crippen LogP contribution in [0, 0.1) is 0 Å². The van der Waals surface area contributed by atoms with Crippen LogP contribution in [0.1, 0.15) is 11.3 Å². The predicted octanol–water partition coefficient (Wildman–Crippen LogP) is 3.66. The van der Waals surface area contributed by atoms with Gasteiger partial charge >= 0.3 is 0 Å². The van der Waals surface area contributed by atoms with Gasteiger partial charge in [-0.3, -0.25) is 9.59 Å². The smallest absolute Gasteiger partial charge is 0.242 e. The Balaban J connectivity index is 1.18. The minimum absolute atomic E-state index is 0.0119. The number of hydrogen-bond acceptors (Lipinski definition) is 6. The van der Waals surface area contributed by atoms with Crippen molar-refractivity contribution in [1.82, 2.24) is 20.0 Å². The third-order valence-corrected chi connectivity index (χ3v) is 6.48. The van der Waals surface area contributed by atoms with E-state index in [1.807, 2.05) is 83.8 Å². The molecule has 5 rings (SSSR count). The summed E-state index contributed by atoms with van der Waals surface area (Å²) in [7, 11) is 0. The number of nitrogens with zero attached hydrogens (tertiary/aromatic N) is 5. The van der Waals surface area contributed by atoms with E-state index in [2.05, 4.69) is 15.1 Å². The molecule has 1 fully saturated rings. The van der Waals surface area contributed by atoms with Crippen LogP contribution in [0.25, 0.3) is 11.3 Å². The number of furan rings is 1. The van der Waals surface area contributed by atoms with Crippen molar-refractivity contribution in [3.63, 3.8) is 0 Å². The van der Waals surface area contributed by atoms with Gasteiger partial charge in [-0.1, -0.05) is 60.7 Å². The molecule has 2 aromatic carbocycles. The van der Waals surface area contributed by atoms with E-state index in [4.69, 9.17) is 4.42 Å². The van der Waals surface area contributed by atoms with Gasteiger partial charge in [-0.05, 0) is 29.8 Å². The van der Waals surface area contributed by atoms with Gasteiger partial charge in [0.2, 0.25) is 11.8 Å². The zero-order valence-corrected chi connectivity index (χ0v) is 20.6. The lowest BCUT2D eigenvalue weighted by Gasteiger charge is -2.36. The average Bonchev–Trinajstić information content (AvgIpc) is 3.47. The number of anilines is 1. The molecule has 0 N–H and O–H groups in total. The van der Waals surface area contributed by atoms with E-state index in [9.17, 15) is 9.59 Å². The van der Waals surface area contributed by atoms with Crippen LogP contribution in [0.3, 0.4) is 0 Å². The van der Waals surface area contributed by atoms with Crippen LogP contribution in [-0.4, -0.2) is 64.5 Å². The number of carbonyl (C=O) groups is 2. The topological polar surface area (TPSA) is 82.8 Å². The molecule has 0 unspecified atom stereocenters. The van der Waals surface area contributed by atoms with Gasteiger partial charge in [0.1, 0.15) is 12.3 Å². The summed E-state index contributed by atoms with van der Waals surface area (Å²) in [5.74, 6) is 1.27. The SMILES string of the molecule is O=C(CN(Cc1ccco1)C(=O)Cc1ccccc1)N1CCN(c2ccc(-c3ccccc3)nn2)CC1. The molecule has 3 heterocycles. The molecule has 0 bridgehead atoms. The Hall–Kier alpha value is -4.46. The van der Waals surface area contributed by atoms with Crippen molar-refractivity contribution in [3.8, 4) is 11.3 Å². The molecule has 4 aromatic rings. The maximum atomic E-state index is 13.2. The maximum Gasteiger partial charge on any atom is 0.242 e. The molecule has 1 aliphatic heterocycles. The monoisotopic (exact) mass is 495 g/mol. The molecule has 1 aliphatic rings. The minimum Gasteiger partial charge on any atom is -0.467 e. The van der Waals surface area contributed by atoms with Crippen molar-refractivity contribution in [3.05, 3.63) is 103 Å². The molecule has 1 saturated heterocycles. The number of amides is 2. The van der Waals surface area contributed by atoms with Crippen LogP contribution in [-0.2, 0) is 22.6 Å². The zero-order chi connectivity index (χ0) is 25.5. The first-order valence-corrected chi connectivity index (χ1v) is 12.4. The van der Waals surface area contributed by atoms with Crippen LogP contribution in [0.15, 0.2) is 95.6 Å². The first-order valence-electron chi connectivity index (χ1n) is 12.4. The van der Waals surface area contributed by atoms with Crippen molar-refractivity contribution in [2.24, 2.45) is 0 Å². The fourth-order valence-electron chi connectivity index (χ4n) is 4.41. The lowest BCUT2D eigenvalue weighted by Crippen LogP contribution is -2.52. The Labute approximate surface area is 216 Å². The highest BCUT2D eigenvalue weighted by Gasteiger charge is 2.26. The Bertz CT molecular complexity index is 1290. The minimum atomic E-state index is -0.108. The third-order valence-electron chi connectivity index (χ3n) is 6.48. The van der Waals surface area contributed by atoms with Gasteiger partial charge in [-0.25, -0.2) is 0 Å². The van der Waals surface area contributed by atoms with Crippen LogP contribution in [0.2, 0.25) is 0 Å². The summed E-state index contributed by atoms with van der Waals surface area (Å²) in [6, 6.07) is 27.1. The standard InChI is InChI=1S/C29H29N5O3/c35-28(20-23-8-3-1-4-9-23)34(21-25-12-7-19-37-25)22-29(36)33-17-15-32(16-18-33)27-14-13-26(30-31-27)24-10-5-2-6-11-24/h1-14,19H,15-18,20-22H2. The number of carbonyl (C=O) groups excluding carboxylic acids is 2. The van der Waals surface area contributed by atoms with Crippen LogP contribution >= 0.6 is 0 Å². The van der Waals surface area contributed by atoms with Crippen LogP contribution < -0.4 is 4.90 Å². The van der Waals surface area contributed by atoms with Gasteiger partial charge in [0.05, 0.1) is 24.9 Å². The summed E-state index contributed by atoms with van der Waals surface area (Å²) in [4.78, 5) is 31.8. The summed E-state index contributed by atoms with van der Waals surface area (Å²) < 4.78 is 5.45. The summed E-state index contributed by atoms with van der Waals surface area (Å²) in [5, 5.41) is 8.79. The van der Waals surface area contributed by atoms with Crippen molar-refractivity contribution in [2.45, 2.75) is 13.0 Å². The Kier molecular flexibility index (Phi) is 7.55. The maximum absolute atomic E-state index is 13.2. The highest BCUT2D eigenvalue weighted by atomic mass is 16.3. The second kappa shape index (κ2) is 11.5. The van der Waals surface area contributed by atoms with E-state index in [1.165, 1.54) is 0 Å². The lowest BCUT2D eigenvalue weighted by molar-refractivity contribution is -0.141. The molecule has 188 valence electrons. The van der Waals surface area contributed by atoms with Gasteiger partial charge < -0.3 is 19.1 Å². The van der Waals surface area contributed by atoms with Gasteiger partial charge in [0.25, 0.3) is 0 Å². The van der Waals surface area contributed by atoms with Gasteiger partial charge in [-0.15, -0.1) is 10.2 Å². The quantitative estimate of drug-likeness (QED) is 0.371. The van der Waals surface area contributed by atoms with E-state index < -0.39 is 0 Å². The summed E-state index contributed by atoms with van der Waals surface area (Å²) in [6.07, 6.45) is 1.81. The number of aromatic nitrogens is 2. The molecule has 0 spiro atoms. The molecule has 8 nitrogen and oxygen atoms in total. The largest absolute Gasteiger partial charge is 0.467 e. The van der Waals surface area contributed by atoms with E-state index in [0.717, 1.165) is 22.6 Å². The van der Waals surface area contributed by atoms with E-state index in [1.54, 1.807) is 17.2 Å².